The number of amides is 1. The van der Waals surface area contributed by atoms with Gasteiger partial charge in [-0.1, -0.05) is 29.8 Å². The molecule has 1 saturated carbocycles. The van der Waals surface area contributed by atoms with Crippen LogP contribution in [-0.2, 0) is 4.79 Å². The van der Waals surface area contributed by atoms with Gasteiger partial charge in [0.2, 0.25) is 5.91 Å². The molecule has 1 heterocycles. The van der Waals surface area contributed by atoms with E-state index in [1.165, 1.54) is 0 Å². The van der Waals surface area contributed by atoms with Crippen LogP contribution in [0, 0.1) is 5.92 Å². The molecule has 114 valence electrons. The summed E-state index contributed by atoms with van der Waals surface area (Å²) in [7, 11) is 0. The first-order valence-electron chi connectivity index (χ1n) is 7.41. The Bertz CT molecular complexity index is 531. The van der Waals surface area contributed by atoms with Crippen LogP contribution >= 0.6 is 23.4 Å². The van der Waals surface area contributed by atoms with Crippen molar-refractivity contribution in [2.24, 2.45) is 5.92 Å². The maximum Gasteiger partial charge on any atom is 0.223 e. The fraction of sp³-hybridized carbons (Fsp3) is 0.562. The molecule has 1 amide bonds. The van der Waals surface area contributed by atoms with E-state index >= 15 is 0 Å². The summed E-state index contributed by atoms with van der Waals surface area (Å²) in [5.41, 5.74) is 0.350. The van der Waals surface area contributed by atoms with Crippen molar-refractivity contribution in [2.75, 3.05) is 18.1 Å². The van der Waals surface area contributed by atoms with Crippen LogP contribution in [0.15, 0.2) is 24.3 Å². The number of hydrogen-bond donors (Lipinski definition) is 2. The van der Waals surface area contributed by atoms with Crippen molar-refractivity contribution < 1.29 is 9.90 Å². The summed E-state index contributed by atoms with van der Waals surface area (Å²) in [6.07, 6.45) is 2.37. The Morgan fingerprint density at radius 1 is 1.38 bits per heavy atom. The predicted molar refractivity (Wildman–Crippen MR) is 86.8 cm³/mol. The van der Waals surface area contributed by atoms with Crippen LogP contribution in [0.5, 0.6) is 0 Å². The Morgan fingerprint density at radius 2 is 2.10 bits per heavy atom. The highest BCUT2D eigenvalue weighted by atomic mass is 35.5. The number of rotatable bonds is 4. The molecule has 5 heteroatoms. The SMILES string of the molecule is O=C(NCC1(O)CCSCC1)C1CC1c1ccccc1Cl. The second kappa shape index (κ2) is 6.19. The lowest BCUT2D eigenvalue weighted by atomic mass is 9.97. The van der Waals surface area contributed by atoms with Gasteiger partial charge >= 0.3 is 0 Å². The normalized spacial score (nSPS) is 27.1. The summed E-state index contributed by atoms with van der Waals surface area (Å²) in [6, 6.07) is 7.72. The molecule has 1 aliphatic heterocycles. The number of carbonyl (C=O) groups excluding carboxylic acids is 1. The minimum absolute atomic E-state index is 0.00599. The third kappa shape index (κ3) is 3.55. The molecule has 3 rings (SSSR count). The van der Waals surface area contributed by atoms with E-state index in [1.54, 1.807) is 0 Å². The van der Waals surface area contributed by atoms with Crippen molar-refractivity contribution in [3.8, 4) is 0 Å². The fourth-order valence-electron chi connectivity index (χ4n) is 2.92. The summed E-state index contributed by atoms with van der Waals surface area (Å²) in [5.74, 6) is 2.23. The monoisotopic (exact) mass is 325 g/mol. The van der Waals surface area contributed by atoms with Gasteiger partial charge in [-0.2, -0.15) is 11.8 Å². The van der Waals surface area contributed by atoms with Crippen molar-refractivity contribution in [2.45, 2.75) is 30.8 Å². The first-order chi connectivity index (χ1) is 10.1. The van der Waals surface area contributed by atoms with Crippen LogP contribution in [0.4, 0.5) is 0 Å². The molecule has 0 aromatic heterocycles. The van der Waals surface area contributed by atoms with Gasteiger partial charge in [-0.25, -0.2) is 0 Å². The smallest absolute Gasteiger partial charge is 0.223 e. The lowest BCUT2D eigenvalue weighted by Gasteiger charge is -2.31. The summed E-state index contributed by atoms with van der Waals surface area (Å²) in [4.78, 5) is 12.2. The van der Waals surface area contributed by atoms with Gasteiger partial charge in [0.25, 0.3) is 0 Å². The molecule has 0 radical (unpaired) electrons. The van der Waals surface area contributed by atoms with Crippen LogP contribution < -0.4 is 5.32 Å². The summed E-state index contributed by atoms with van der Waals surface area (Å²) in [6.45, 7) is 0.373. The van der Waals surface area contributed by atoms with Crippen LogP contribution in [-0.4, -0.2) is 34.7 Å². The van der Waals surface area contributed by atoms with Crippen LogP contribution in [0.1, 0.15) is 30.7 Å². The molecule has 2 N–H and O–H groups in total. The summed E-state index contributed by atoms with van der Waals surface area (Å²) < 4.78 is 0. The standard InChI is InChI=1S/C16H20ClNO2S/c17-14-4-2-1-3-11(14)12-9-13(12)15(19)18-10-16(20)5-7-21-8-6-16/h1-4,12-13,20H,5-10H2,(H,18,19). The lowest BCUT2D eigenvalue weighted by Crippen LogP contribution is -2.45. The third-order valence-corrected chi connectivity index (χ3v) is 5.78. The van der Waals surface area contributed by atoms with E-state index in [1.807, 2.05) is 36.0 Å². The molecule has 2 aliphatic rings. The van der Waals surface area contributed by atoms with Crippen LogP contribution in [0.3, 0.4) is 0 Å². The Labute approximate surface area is 134 Å². The van der Waals surface area contributed by atoms with Crippen molar-refractivity contribution in [3.05, 3.63) is 34.9 Å². The lowest BCUT2D eigenvalue weighted by molar-refractivity contribution is -0.123. The molecule has 2 fully saturated rings. The van der Waals surface area contributed by atoms with Gasteiger partial charge in [-0.3, -0.25) is 4.79 Å². The molecule has 1 saturated heterocycles. The highest BCUT2D eigenvalue weighted by molar-refractivity contribution is 7.99. The number of aliphatic hydroxyl groups is 1. The van der Waals surface area contributed by atoms with E-state index in [0.29, 0.717) is 6.54 Å². The minimum atomic E-state index is -0.713. The first-order valence-corrected chi connectivity index (χ1v) is 8.95. The van der Waals surface area contributed by atoms with Crippen LogP contribution in [0.25, 0.3) is 0 Å². The van der Waals surface area contributed by atoms with Crippen molar-refractivity contribution in [1.29, 1.82) is 0 Å². The highest BCUT2D eigenvalue weighted by Gasteiger charge is 2.45. The number of halogens is 1. The van der Waals surface area contributed by atoms with E-state index in [0.717, 1.165) is 41.4 Å². The molecular weight excluding hydrogens is 306 g/mol. The average molecular weight is 326 g/mol. The van der Waals surface area contributed by atoms with E-state index in [9.17, 15) is 9.90 Å². The molecule has 1 aromatic rings. The zero-order valence-electron chi connectivity index (χ0n) is 11.8. The average Bonchev–Trinajstić information content (AvgIpc) is 3.27. The molecule has 1 aliphatic carbocycles. The molecule has 3 nitrogen and oxygen atoms in total. The van der Waals surface area contributed by atoms with Gasteiger partial charge in [0.05, 0.1) is 5.60 Å². The molecule has 2 atom stereocenters. The number of benzene rings is 1. The largest absolute Gasteiger partial charge is 0.388 e. The van der Waals surface area contributed by atoms with Gasteiger partial charge in [-0.05, 0) is 48.3 Å². The number of nitrogens with one attached hydrogen (secondary N) is 1. The van der Waals surface area contributed by atoms with Crippen molar-refractivity contribution in [1.82, 2.24) is 5.32 Å². The minimum Gasteiger partial charge on any atom is -0.388 e. The van der Waals surface area contributed by atoms with Crippen molar-refractivity contribution >= 4 is 29.3 Å². The first kappa shape index (κ1) is 15.2. The van der Waals surface area contributed by atoms with Gasteiger partial charge in [0.1, 0.15) is 0 Å². The highest BCUT2D eigenvalue weighted by Crippen LogP contribution is 2.49. The quantitative estimate of drug-likeness (QED) is 0.895. The summed E-state index contributed by atoms with van der Waals surface area (Å²) in [5, 5.41) is 14.1. The Morgan fingerprint density at radius 3 is 2.81 bits per heavy atom. The van der Waals surface area contributed by atoms with Crippen molar-refractivity contribution in [3.63, 3.8) is 0 Å². The molecule has 21 heavy (non-hydrogen) atoms. The predicted octanol–water partition coefficient (Wildman–Crippen LogP) is 2.82. The second-order valence-corrected chi connectivity index (χ2v) is 7.66. The zero-order chi connectivity index (χ0) is 14.9. The van der Waals surface area contributed by atoms with Gasteiger partial charge in [0.15, 0.2) is 0 Å². The molecule has 2 unspecified atom stereocenters. The number of carbonyl (C=O) groups is 1. The maximum absolute atomic E-state index is 12.2. The van der Waals surface area contributed by atoms with Gasteiger partial charge < -0.3 is 10.4 Å². The number of hydrogen-bond acceptors (Lipinski definition) is 3. The molecule has 0 spiro atoms. The summed E-state index contributed by atoms with van der Waals surface area (Å²) >= 11 is 8.04. The third-order valence-electron chi connectivity index (χ3n) is 4.45. The number of thioether (sulfide) groups is 1. The van der Waals surface area contributed by atoms with Gasteiger partial charge in [-0.15, -0.1) is 0 Å². The zero-order valence-corrected chi connectivity index (χ0v) is 13.4. The topological polar surface area (TPSA) is 49.3 Å². The van der Waals surface area contributed by atoms with Crippen LogP contribution in [0.2, 0.25) is 5.02 Å². The Balaban J connectivity index is 1.53. The second-order valence-electron chi connectivity index (χ2n) is 6.02. The molecular formula is C16H20ClNO2S. The Kier molecular flexibility index (Phi) is 4.48. The van der Waals surface area contributed by atoms with E-state index in [4.69, 9.17) is 11.6 Å². The van der Waals surface area contributed by atoms with Gasteiger partial charge in [0, 0.05) is 17.5 Å². The Hall–Kier alpha value is -0.710. The van der Waals surface area contributed by atoms with E-state index in [-0.39, 0.29) is 17.7 Å². The molecule has 0 bridgehead atoms. The van der Waals surface area contributed by atoms with E-state index < -0.39 is 5.60 Å². The molecule has 1 aromatic carbocycles. The maximum atomic E-state index is 12.2. The fourth-order valence-corrected chi connectivity index (χ4v) is 4.44. The van der Waals surface area contributed by atoms with E-state index in [2.05, 4.69) is 5.32 Å².